The summed E-state index contributed by atoms with van der Waals surface area (Å²) in [4.78, 5) is 9.15. The molecule has 0 amide bonds. The summed E-state index contributed by atoms with van der Waals surface area (Å²) in [6.45, 7) is 8.11. The molecule has 0 radical (unpaired) electrons. The lowest BCUT2D eigenvalue weighted by atomic mass is 10.1. The highest BCUT2D eigenvalue weighted by molar-refractivity contribution is 5.55. The van der Waals surface area contributed by atoms with Gasteiger partial charge in [-0.1, -0.05) is 65.2 Å². The van der Waals surface area contributed by atoms with Crippen molar-refractivity contribution in [3.05, 3.63) is 42.2 Å². The van der Waals surface area contributed by atoms with Gasteiger partial charge in [-0.2, -0.15) is 0 Å². The van der Waals surface area contributed by atoms with Gasteiger partial charge in [0.1, 0.15) is 5.75 Å². The maximum absolute atomic E-state index is 5.88. The Kier molecular flexibility index (Phi) is 13.7. The van der Waals surface area contributed by atoms with Gasteiger partial charge in [-0.05, 0) is 56.0 Å². The minimum absolute atomic E-state index is 0.235. The first-order chi connectivity index (χ1) is 15.7. The van der Waals surface area contributed by atoms with Gasteiger partial charge < -0.3 is 9.47 Å². The molecule has 1 heterocycles. The summed E-state index contributed by atoms with van der Waals surface area (Å²) in [6, 6.07) is 8.06. The molecule has 1 aromatic heterocycles. The van der Waals surface area contributed by atoms with Crippen LogP contribution >= 0.6 is 0 Å². The number of benzene rings is 1. The number of unbranched alkanes of at least 4 members (excludes halogenated alkanes) is 8. The Morgan fingerprint density at radius 2 is 1.38 bits per heavy atom. The largest absolute Gasteiger partial charge is 0.493 e. The molecule has 1 aromatic carbocycles. The van der Waals surface area contributed by atoms with Gasteiger partial charge in [-0.25, -0.2) is 9.97 Å². The average molecular weight is 441 g/mol. The first-order valence-electron chi connectivity index (χ1n) is 12.9. The third-order valence-corrected chi connectivity index (χ3v) is 5.83. The van der Waals surface area contributed by atoms with E-state index in [4.69, 9.17) is 9.47 Å². The van der Waals surface area contributed by atoms with Crippen molar-refractivity contribution < 1.29 is 9.47 Å². The molecule has 0 fully saturated rings. The van der Waals surface area contributed by atoms with Gasteiger partial charge in [-0.3, -0.25) is 0 Å². The average Bonchev–Trinajstić information content (AvgIpc) is 2.82. The molecule has 0 spiro atoms. The first-order valence-corrected chi connectivity index (χ1v) is 12.9. The normalized spacial score (nSPS) is 12.1. The van der Waals surface area contributed by atoms with E-state index in [-0.39, 0.29) is 6.10 Å². The first kappa shape index (κ1) is 26.3. The molecule has 0 saturated carbocycles. The smallest absolute Gasteiger partial charge is 0.159 e. The van der Waals surface area contributed by atoms with Crippen LogP contribution in [0.15, 0.2) is 36.7 Å². The molecule has 1 atom stereocenters. The van der Waals surface area contributed by atoms with Gasteiger partial charge in [0.05, 0.1) is 12.7 Å². The van der Waals surface area contributed by atoms with Crippen LogP contribution in [0.4, 0.5) is 0 Å². The second-order valence-corrected chi connectivity index (χ2v) is 8.84. The Morgan fingerprint density at radius 1 is 0.750 bits per heavy atom. The molecular weight excluding hydrogens is 396 g/mol. The summed E-state index contributed by atoms with van der Waals surface area (Å²) < 4.78 is 11.7. The zero-order valence-electron chi connectivity index (χ0n) is 20.7. The summed E-state index contributed by atoms with van der Waals surface area (Å²) in [6.07, 6.45) is 19.1. The number of nitrogens with zero attached hydrogens (tertiary/aromatic N) is 2. The second kappa shape index (κ2) is 16.7. The van der Waals surface area contributed by atoms with Gasteiger partial charge in [-0.15, -0.1) is 0 Å². The van der Waals surface area contributed by atoms with Crippen molar-refractivity contribution in [3.8, 4) is 17.1 Å². The number of hydrogen-bond donors (Lipinski definition) is 0. The van der Waals surface area contributed by atoms with Gasteiger partial charge >= 0.3 is 0 Å². The highest BCUT2D eigenvalue weighted by atomic mass is 16.5. The van der Waals surface area contributed by atoms with E-state index in [1.807, 2.05) is 36.7 Å². The fourth-order valence-corrected chi connectivity index (χ4v) is 3.68. The molecule has 32 heavy (non-hydrogen) atoms. The summed E-state index contributed by atoms with van der Waals surface area (Å²) in [7, 11) is 0. The highest BCUT2D eigenvalue weighted by Gasteiger charge is 2.05. The van der Waals surface area contributed by atoms with Crippen molar-refractivity contribution in [1.29, 1.82) is 0 Å². The van der Waals surface area contributed by atoms with Crippen molar-refractivity contribution in [2.45, 2.75) is 104 Å². The lowest BCUT2D eigenvalue weighted by molar-refractivity contribution is 0.0482. The third kappa shape index (κ3) is 11.1. The van der Waals surface area contributed by atoms with E-state index in [0.29, 0.717) is 6.61 Å². The summed E-state index contributed by atoms with van der Waals surface area (Å²) >= 11 is 0. The maximum Gasteiger partial charge on any atom is 0.159 e. The minimum Gasteiger partial charge on any atom is -0.493 e. The SMILES string of the molecule is CCCCCCCCCc1cnc(-c2ccc(OCCC(C)OCCCCC)cc2)nc1. The van der Waals surface area contributed by atoms with Crippen LogP contribution < -0.4 is 4.74 Å². The number of rotatable bonds is 18. The van der Waals surface area contributed by atoms with E-state index in [9.17, 15) is 0 Å². The van der Waals surface area contributed by atoms with Gasteiger partial charge in [0.15, 0.2) is 5.82 Å². The van der Waals surface area contributed by atoms with Crippen LogP contribution in [-0.4, -0.2) is 29.3 Å². The van der Waals surface area contributed by atoms with E-state index >= 15 is 0 Å². The van der Waals surface area contributed by atoms with E-state index in [1.165, 1.54) is 63.4 Å². The molecule has 178 valence electrons. The highest BCUT2D eigenvalue weighted by Crippen LogP contribution is 2.20. The molecule has 4 heteroatoms. The molecule has 0 aliphatic rings. The Hall–Kier alpha value is -1.94. The molecule has 0 saturated heterocycles. The van der Waals surface area contributed by atoms with Crippen LogP contribution in [0, 0.1) is 0 Å². The number of aromatic nitrogens is 2. The molecule has 2 aromatic rings. The predicted molar refractivity (Wildman–Crippen MR) is 134 cm³/mol. The van der Waals surface area contributed by atoms with Crippen molar-refractivity contribution >= 4 is 0 Å². The van der Waals surface area contributed by atoms with Crippen molar-refractivity contribution in [2.24, 2.45) is 0 Å². The molecule has 0 aliphatic carbocycles. The predicted octanol–water partition coefficient (Wildman–Crippen LogP) is 7.80. The minimum atomic E-state index is 0.235. The quantitative estimate of drug-likeness (QED) is 0.222. The van der Waals surface area contributed by atoms with Crippen molar-refractivity contribution in [1.82, 2.24) is 9.97 Å². The van der Waals surface area contributed by atoms with E-state index < -0.39 is 0 Å². The maximum atomic E-state index is 5.88. The standard InChI is InChI=1S/C28H44N2O2/c1-4-6-8-9-10-11-12-14-25-22-29-28(30-23-25)26-15-17-27(18-16-26)32-21-19-24(3)31-20-13-7-5-2/h15-18,22-24H,4-14,19-21H2,1-3H3. The number of aryl methyl sites for hydroxylation is 1. The van der Waals surface area contributed by atoms with Crippen LogP contribution in [-0.2, 0) is 11.2 Å². The fourth-order valence-electron chi connectivity index (χ4n) is 3.68. The molecular formula is C28H44N2O2. The summed E-state index contributed by atoms with van der Waals surface area (Å²) in [5.74, 6) is 1.65. The zero-order chi connectivity index (χ0) is 22.9. The molecule has 0 N–H and O–H groups in total. The monoisotopic (exact) mass is 440 g/mol. The number of ether oxygens (including phenoxy) is 2. The van der Waals surface area contributed by atoms with Crippen molar-refractivity contribution in [2.75, 3.05) is 13.2 Å². The van der Waals surface area contributed by atoms with E-state index in [1.54, 1.807) is 0 Å². The topological polar surface area (TPSA) is 44.2 Å². The molecule has 1 unspecified atom stereocenters. The molecule has 0 bridgehead atoms. The summed E-state index contributed by atoms with van der Waals surface area (Å²) in [5, 5.41) is 0. The third-order valence-electron chi connectivity index (χ3n) is 5.83. The van der Waals surface area contributed by atoms with Gasteiger partial charge in [0.25, 0.3) is 0 Å². The lowest BCUT2D eigenvalue weighted by Gasteiger charge is -2.13. The lowest BCUT2D eigenvalue weighted by Crippen LogP contribution is -2.13. The molecule has 0 aliphatic heterocycles. The van der Waals surface area contributed by atoms with Crippen molar-refractivity contribution in [3.63, 3.8) is 0 Å². The molecule has 4 nitrogen and oxygen atoms in total. The van der Waals surface area contributed by atoms with E-state index in [0.717, 1.165) is 43.0 Å². The Labute approximate surface area is 196 Å². The van der Waals surface area contributed by atoms with E-state index in [2.05, 4.69) is 30.7 Å². The zero-order valence-corrected chi connectivity index (χ0v) is 20.7. The van der Waals surface area contributed by atoms with Crippen LogP contribution in [0.2, 0.25) is 0 Å². The van der Waals surface area contributed by atoms with Crippen LogP contribution in [0.1, 0.15) is 97.0 Å². The van der Waals surface area contributed by atoms with Crippen LogP contribution in [0.25, 0.3) is 11.4 Å². The second-order valence-electron chi connectivity index (χ2n) is 8.84. The van der Waals surface area contributed by atoms with Crippen LogP contribution in [0.3, 0.4) is 0 Å². The van der Waals surface area contributed by atoms with Crippen LogP contribution in [0.5, 0.6) is 5.75 Å². The number of hydrogen-bond acceptors (Lipinski definition) is 4. The summed E-state index contributed by atoms with van der Waals surface area (Å²) in [5.41, 5.74) is 2.25. The Balaban J connectivity index is 1.66. The Bertz CT molecular complexity index is 700. The molecule has 2 rings (SSSR count). The fraction of sp³-hybridized carbons (Fsp3) is 0.643. The van der Waals surface area contributed by atoms with Gasteiger partial charge in [0.2, 0.25) is 0 Å². The van der Waals surface area contributed by atoms with Gasteiger partial charge in [0, 0.05) is 31.0 Å². The Morgan fingerprint density at radius 3 is 2.06 bits per heavy atom.